The summed E-state index contributed by atoms with van der Waals surface area (Å²) in [4.78, 5) is 20.9. The van der Waals surface area contributed by atoms with Crippen LogP contribution in [0.3, 0.4) is 0 Å². The van der Waals surface area contributed by atoms with E-state index in [1.807, 2.05) is 0 Å². The second kappa shape index (κ2) is 10.5. The van der Waals surface area contributed by atoms with Gasteiger partial charge in [0.2, 0.25) is 0 Å². The predicted octanol–water partition coefficient (Wildman–Crippen LogP) is -0.380. The molecule has 0 atom stereocenters. The van der Waals surface area contributed by atoms with E-state index < -0.39 is 17.5 Å². The first-order chi connectivity index (χ1) is 5.54. The molecule has 0 rings (SSSR count). The van der Waals surface area contributed by atoms with E-state index in [0.717, 1.165) is 23.5 Å². The standard InChI is InChI=1S/C6H8O4S2.K.H2O.H/c1-11-6(12-2)3(4(7)8)5(9)10;;;/h1-2H3,(H,7,8)(H,9,10);;1H2;. The molecule has 0 aliphatic rings. The first-order valence-corrected chi connectivity index (χ1v) is 5.28. The average molecular weight is 266 g/mol. The number of carboxylic acids is 2. The molecule has 5 nitrogen and oxygen atoms in total. The molecule has 0 saturated carbocycles. The number of aliphatic carboxylic acids is 2. The fraction of sp³-hybridized carbons (Fsp3) is 0.333. The van der Waals surface area contributed by atoms with Crippen LogP contribution in [-0.2, 0) is 9.59 Å². The summed E-state index contributed by atoms with van der Waals surface area (Å²) in [7, 11) is 0. The zero-order valence-electron chi connectivity index (χ0n) is 7.03. The van der Waals surface area contributed by atoms with Gasteiger partial charge in [0.25, 0.3) is 0 Å². The SMILES string of the molecule is CSC(SC)=C(C(=O)O)C(=O)O.O.[KH]. The van der Waals surface area contributed by atoms with Crippen LogP contribution in [0.15, 0.2) is 9.81 Å². The van der Waals surface area contributed by atoms with Crippen molar-refractivity contribution in [2.45, 2.75) is 0 Å². The Morgan fingerprint density at radius 2 is 1.29 bits per heavy atom. The predicted molar refractivity (Wildman–Crippen MR) is 60.1 cm³/mol. The maximum absolute atomic E-state index is 10.4. The number of carboxylic acid groups (broad SMARTS) is 2. The Hall–Kier alpha value is 0.976. The van der Waals surface area contributed by atoms with E-state index in [1.165, 1.54) is 0 Å². The molecule has 0 aromatic rings. The first kappa shape index (κ1) is 20.4. The van der Waals surface area contributed by atoms with Gasteiger partial charge in [-0.05, 0) is 12.5 Å². The molecule has 78 valence electrons. The molecule has 0 radical (unpaired) electrons. The molecule has 0 unspecified atom stereocenters. The number of carbonyl (C=O) groups is 2. The molecule has 0 aromatic heterocycles. The third kappa shape index (κ3) is 6.46. The first-order valence-electron chi connectivity index (χ1n) is 2.83. The number of hydrogen-bond donors (Lipinski definition) is 2. The summed E-state index contributed by atoms with van der Waals surface area (Å²) < 4.78 is 0.301. The minimum atomic E-state index is -1.40. The van der Waals surface area contributed by atoms with Crippen molar-refractivity contribution in [3.8, 4) is 0 Å². The molecule has 4 N–H and O–H groups in total. The van der Waals surface area contributed by atoms with Gasteiger partial charge in [0.15, 0.2) is 5.57 Å². The van der Waals surface area contributed by atoms with Gasteiger partial charge >= 0.3 is 63.3 Å². The molecule has 14 heavy (non-hydrogen) atoms. The summed E-state index contributed by atoms with van der Waals surface area (Å²) in [6, 6.07) is 0. The molecule has 0 saturated heterocycles. The molecule has 0 aliphatic heterocycles. The van der Waals surface area contributed by atoms with Crippen molar-refractivity contribution in [1.29, 1.82) is 0 Å². The van der Waals surface area contributed by atoms with Crippen molar-refractivity contribution in [2.24, 2.45) is 0 Å². The zero-order chi connectivity index (χ0) is 9.72. The van der Waals surface area contributed by atoms with Crippen LogP contribution >= 0.6 is 23.5 Å². The monoisotopic (exact) mass is 266 g/mol. The summed E-state index contributed by atoms with van der Waals surface area (Å²) in [5.41, 5.74) is -0.560. The maximum atomic E-state index is 10.4. The second-order valence-corrected chi connectivity index (χ2v) is 3.57. The van der Waals surface area contributed by atoms with Crippen LogP contribution in [0.1, 0.15) is 0 Å². The summed E-state index contributed by atoms with van der Waals surface area (Å²) in [6.45, 7) is 0. The molecule has 0 aromatic carbocycles. The summed E-state index contributed by atoms with van der Waals surface area (Å²) >= 11 is 2.23. The van der Waals surface area contributed by atoms with Gasteiger partial charge in [-0.2, -0.15) is 0 Å². The number of thioether (sulfide) groups is 2. The van der Waals surface area contributed by atoms with E-state index in [0.29, 0.717) is 4.24 Å². The topological polar surface area (TPSA) is 106 Å². The molecule has 0 fully saturated rings. The Balaban J connectivity index is -0.000000605. The fourth-order valence-electron chi connectivity index (χ4n) is 0.554. The molecular formula is C6H11KO5S2. The van der Waals surface area contributed by atoms with E-state index in [9.17, 15) is 9.59 Å². The van der Waals surface area contributed by atoms with Crippen molar-refractivity contribution < 1.29 is 25.3 Å². The van der Waals surface area contributed by atoms with Gasteiger partial charge in [0, 0.05) is 0 Å². The van der Waals surface area contributed by atoms with Crippen LogP contribution < -0.4 is 0 Å². The Bertz CT molecular complexity index is 218. The van der Waals surface area contributed by atoms with Crippen molar-refractivity contribution >= 4 is 86.8 Å². The van der Waals surface area contributed by atoms with E-state index in [2.05, 4.69) is 0 Å². The zero-order valence-corrected chi connectivity index (χ0v) is 8.66. The normalized spacial score (nSPS) is 7.86. The summed E-state index contributed by atoms with van der Waals surface area (Å²) in [5.74, 6) is -2.80. The van der Waals surface area contributed by atoms with Gasteiger partial charge in [-0.25, -0.2) is 9.59 Å². The van der Waals surface area contributed by atoms with E-state index in [-0.39, 0.29) is 56.9 Å². The number of hydrogen-bond acceptors (Lipinski definition) is 4. The van der Waals surface area contributed by atoms with Gasteiger partial charge in [-0.1, -0.05) is 0 Å². The molecule has 0 heterocycles. The van der Waals surface area contributed by atoms with Crippen molar-refractivity contribution in [2.75, 3.05) is 12.5 Å². The molecule has 0 amide bonds. The third-order valence-electron chi connectivity index (χ3n) is 1.00. The van der Waals surface area contributed by atoms with Gasteiger partial charge in [0.1, 0.15) is 0 Å². The van der Waals surface area contributed by atoms with Crippen molar-refractivity contribution in [1.82, 2.24) is 0 Å². The van der Waals surface area contributed by atoms with Crippen LogP contribution in [0.25, 0.3) is 0 Å². The van der Waals surface area contributed by atoms with Crippen LogP contribution in [-0.4, -0.2) is 91.5 Å². The van der Waals surface area contributed by atoms with Crippen LogP contribution in [0.2, 0.25) is 0 Å². The van der Waals surface area contributed by atoms with Crippen LogP contribution in [0.4, 0.5) is 0 Å². The molecule has 0 spiro atoms. The molecule has 0 aliphatic carbocycles. The Morgan fingerprint density at radius 3 is 1.36 bits per heavy atom. The number of rotatable bonds is 4. The van der Waals surface area contributed by atoms with E-state index >= 15 is 0 Å². The van der Waals surface area contributed by atoms with E-state index in [4.69, 9.17) is 10.2 Å². The molecular weight excluding hydrogens is 255 g/mol. The van der Waals surface area contributed by atoms with Gasteiger partial charge in [0.05, 0.1) is 4.24 Å². The quantitative estimate of drug-likeness (QED) is 0.311. The van der Waals surface area contributed by atoms with Crippen molar-refractivity contribution in [3.05, 3.63) is 9.81 Å². The molecule has 0 bridgehead atoms. The van der Waals surface area contributed by atoms with Gasteiger partial charge < -0.3 is 15.7 Å². The van der Waals surface area contributed by atoms with Crippen molar-refractivity contribution in [3.63, 3.8) is 0 Å². The van der Waals surface area contributed by atoms with Gasteiger partial charge in [-0.3, -0.25) is 0 Å². The fourth-order valence-corrected chi connectivity index (χ4v) is 1.98. The third-order valence-corrected chi connectivity index (χ3v) is 3.15. The average Bonchev–Trinajstić information content (AvgIpc) is 1.98. The summed E-state index contributed by atoms with van der Waals surface area (Å²) in [6.07, 6.45) is 3.27. The molecule has 8 heteroatoms. The Morgan fingerprint density at radius 1 is 1.00 bits per heavy atom. The van der Waals surface area contributed by atoms with Crippen LogP contribution in [0.5, 0.6) is 0 Å². The second-order valence-electron chi connectivity index (χ2n) is 1.68. The van der Waals surface area contributed by atoms with Gasteiger partial charge in [-0.15, -0.1) is 23.5 Å². The summed E-state index contributed by atoms with van der Waals surface area (Å²) in [5, 5.41) is 17.0. The van der Waals surface area contributed by atoms with E-state index in [1.54, 1.807) is 12.5 Å². The minimum absolute atomic E-state index is 0. The Kier molecular flexibility index (Phi) is 15.3. The van der Waals surface area contributed by atoms with Crippen LogP contribution in [0, 0.1) is 0 Å². The Labute approximate surface area is 132 Å².